The van der Waals surface area contributed by atoms with Crippen molar-refractivity contribution in [3.05, 3.63) is 86.9 Å². The number of carboxylic acid groups (broad SMARTS) is 1. The van der Waals surface area contributed by atoms with Crippen LogP contribution in [0, 0.1) is 12.8 Å². The van der Waals surface area contributed by atoms with Crippen molar-refractivity contribution >= 4 is 44.5 Å². The van der Waals surface area contributed by atoms with Gasteiger partial charge in [-0.25, -0.2) is 4.98 Å². The number of ether oxygens (including phenoxy) is 1. The van der Waals surface area contributed by atoms with Gasteiger partial charge in [-0.3, -0.25) is 9.78 Å². The average molecular weight is 569 g/mol. The first-order chi connectivity index (χ1) is 17.4. The van der Waals surface area contributed by atoms with Crippen LogP contribution in [0.25, 0.3) is 11.0 Å². The number of aromatic nitrogens is 3. The van der Waals surface area contributed by atoms with E-state index in [1.807, 2.05) is 43.5 Å². The molecule has 2 heterocycles. The van der Waals surface area contributed by atoms with Crippen LogP contribution < -0.4 is 4.74 Å². The Bertz CT molecular complexity index is 1390. The lowest BCUT2D eigenvalue weighted by Crippen LogP contribution is -2.27. The average Bonchev–Trinajstić information content (AvgIpc) is 3.23. The fourth-order valence-electron chi connectivity index (χ4n) is 4.96. The Kier molecular flexibility index (Phi) is 7.30. The number of pyridine rings is 1. The first kappa shape index (κ1) is 24.8. The molecule has 0 spiro atoms. The summed E-state index contributed by atoms with van der Waals surface area (Å²) in [6.45, 7) is 2.87. The molecule has 0 aliphatic heterocycles. The number of nitrogens with zero attached hydrogens (tertiary/aromatic N) is 3. The third kappa shape index (κ3) is 5.27. The number of aryl methyl sites for hydroxylation is 1. The van der Waals surface area contributed by atoms with Gasteiger partial charge in [0.15, 0.2) is 0 Å². The standard InChI is InChI=1S/C28H27BrClN3O3/c1-17-6-11-20(31-14-17)16-36-21-12-24(30)26-25(13-21)33(15-18-7-9-19(29)10-8-18)27(32-26)22-4-2-3-5-23(22)28(34)35/h6-14,22-23H,2-5,15-16H2,1H3,(H,34,35)/t22-,23-/m1/s1. The molecule has 1 N–H and O–H groups in total. The van der Waals surface area contributed by atoms with Gasteiger partial charge in [-0.05, 0) is 49.1 Å². The van der Waals surface area contributed by atoms with Gasteiger partial charge in [0.1, 0.15) is 23.7 Å². The van der Waals surface area contributed by atoms with Gasteiger partial charge in [0, 0.05) is 35.3 Å². The van der Waals surface area contributed by atoms with E-state index in [4.69, 9.17) is 21.3 Å². The van der Waals surface area contributed by atoms with E-state index >= 15 is 0 Å². The highest BCUT2D eigenvalue weighted by Crippen LogP contribution is 2.40. The molecule has 6 nitrogen and oxygen atoms in total. The van der Waals surface area contributed by atoms with Crippen LogP contribution in [0.1, 0.15) is 54.2 Å². The summed E-state index contributed by atoms with van der Waals surface area (Å²) in [6, 6.07) is 15.8. The quantitative estimate of drug-likeness (QED) is 0.256. The molecule has 186 valence electrons. The number of imidazole rings is 1. The molecule has 4 aromatic rings. The van der Waals surface area contributed by atoms with Crippen molar-refractivity contribution in [1.29, 1.82) is 0 Å². The predicted molar refractivity (Wildman–Crippen MR) is 144 cm³/mol. The van der Waals surface area contributed by atoms with Crippen molar-refractivity contribution in [3.63, 3.8) is 0 Å². The van der Waals surface area contributed by atoms with Crippen LogP contribution in [-0.4, -0.2) is 25.6 Å². The summed E-state index contributed by atoms with van der Waals surface area (Å²) >= 11 is 10.2. The Morgan fingerprint density at radius 2 is 1.94 bits per heavy atom. The Balaban J connectivity index is 1.57. The number of benzene rings is 2. The van der Waals surface area contributed by atoms with Crippen molar-refractivity contribution in [2.45, 2.75) is 51.7 Å². The number of halogens is 2. The van der Waals surface area contributed by atoms with E-state index in [1.54, 1.807) is 6.07 Å². The molecule has 0 saturated heterocycles. The minimum absolute atomic E-state index is 0.170. The highest BCUT2D eigenvalue weighted by atomic mass is 79.9. The van der Waals surface area contributed by atoms with Crippen LogP contribution in [0.15, 0.2) is 59.2 Å². The molecule has 8 heteroatoms. The predicted octanol–water partition coefficient (Wildman–Crippen LogP) is 7.14. The first-order valence-corrected chi connectivity index (χ1v) is 13.3. The lowest BCUT2D eigenvalue weighted by atomic mass is 9.78. The van der Waals surface area contributed by atoms with Crippen LogP contribution in [-0.2, 0) is 17.9 Å². The summed E-state index contributed by atoms with van der Waals surface area (Å²) < 4.78 is 9.19. The van der Waals surface area contributed by atoms with Gasteiger partial charge in [0.25, 0.3) is 0 Å². The number of carboxylic acids is 1. The molecule has 2 aromatic heterocycles. The maximum Gasteiger partial charge on any atom is 0.307 e. The zero-order valence-electron chi connectivity index (χ0n) is 20.0. The minimum Gasteiger partial charge on any atom is -0.487 e. The molecule has 1 saturated carbocycles. The normalized spacial score (nSPS) is 17.9. The summed E-state index contributed by atoms with van der Waals surface area (Å²) in [5, 5.41) is 10.4. The van der Waals surface area contributed by atoms with E-state index in [2.05, 4.69) is 37.6 Å². The molecule has 0 unspecified atom stereocenters. The molecule has 1 aliphatic rings. The van der Waals surface area contributed by atoms with Gasteiger partial charge < -0.3 is 14.4 Å². The molecular formula is C28H27BrClN3O3. The van der Waals surface area contributed by atoms with Crippen molar-refractivity contribution in [3.8, 4) is 5.75 Å². The van der Waals surface area contributed by atoms with Gasteiger partial charge >= 0.3 is 5.97 Å². The number of carbonyl (C=O) groups is 1. The van der Waals surface area contributed by atoms with Crippen molar-refractivity contribution in [2.75, 3.05) is 0 Å². The van der Waals surface area contributed by atoms with E-state index in [-0.39, 0.29) is 5.92 Å². The summed E-state index contributed by atoms with van der Waals surface area (Å²) in [7, 11) is 0. The van der Waals surface area contributed by atoms with Gasteiger partial charge in [-0.1, -0.05) is 58.6 Å². The number of fused-ring (bicyclic) bond motifs is 1. The molecule has 36 heavy (non-hydrogen) atoms. The zero-order valence-corrected chi connectivity index (χ0v) is 22.3. The van der Waals surface area contributed by atoms with Crippen LogP contribution in [0.5, 0.6) is 5.75 Å². The largest absolute Gasteiger partial charge is 0.487 e. The Morgan fingerprint density at radius 3 is 2.67 bits per heavy atom. The first-order valence-electron chi connectivity index (χ1n) is 12.1. The van der Waals surface area contributed by atoms with E-state index in [0.29, 0.717) is 35.9 Å². The van der Waals surface area contributed by atoms with Crippen molar-refractivity contribution < 1.29 is 14.6 Å². The maximum atomic E-state index is 12.1. The van der Waals surface area contributed by atoms with E-state index in [0.717, 1.165) is 51.9 Å². The summed E-state index contributed by atoms with van der Waals surface area (Å²) in [6.07, 6.45) is 5.18. The summed E-state index contributed by atoms with van der Waals surface area (Å²) in [5.41, 5.74) is 4.51. The number of aliphatic carboxylic acids is 1. The Labute approximate surface area is 223 Å². The fourth-order valence-corrected chi connectivity index (χ4v) is 5.47. The lowest BCUT2D eigenvalue weighted by Gasteiger charge is -2.28. The molecule has 2 atom stereocenters. The molecule has 1 aliphatic carbocycles. The van der Waals surface area contributed by atoms with E-state index in [9.17, 15) is 9.90 Å². The van der Waals surface area contributed by atoms with Crippen LogP contribution in [0.3, 0.4) is 0 Å². The SMILES string of the molecule is Cc1ccc(COc2cc(Cl)c3nc([C@@H]4CCCC[C@H]4C(=O)O)n(Cc4ccc(Br)cc4)c3c2)nc1. The van der Waals surface area contributed by atoms with E-state index < -0.39 is 11.9 Å². The van der Waals surface area contributed by atoms with E-state index in [1.165, 1.54) is 0 Å². The molecule has 0 radical (unpaired) electrons. The topological polar surface area (TPSA) is 77.2 Å². The van der Waals surface area contributed by atoms with Gasteiger partial charge in [0.2, 0.25) is 0 Å². The van der Waals surface area contributed by atoms with Crippen LogP contribution in [0.4, 0.5) is 0 Å². The zero-order chi connectivity index (χ0) is 25.2. The van der Waals surface area contributed by atoms with Gasteiger partial charge in [0.05, 0.1) is 22.2 Å². The second-order valence-corrected chi connectivity index (χ2v) is 10.7. The van der Waals surface area contributed by atoms with Crippen molar-refractivity contribution in [1.82, 2.24) is 14.5 Å². The van der Waals surface area contributed by atoms with Crippen molar-refractivity contribution in [2.24, 2.45) is 5.92 Å². The minimum atomic E-state index is -0.761. The lowest BCUT2D eigenvalue weighted by molar-refractivity contribution is -0.143. The Hall–Kier alpha value is -2.90. The third-order valence-electron chi connectivity index (χ3n) is 6.84. The molecule has 1 fully saturated rings. The molecular weight excluding hydrogens is 542 g/mol. The Morgan fingerprint density at radius 1 is 1.17 bits per heavy atom. The van der Waals surface area contributed by atoms with Gasteiger partial charge in [-0.15, -0.1) is 0 Å². The number of hydrogen-bond acceptors (Lipinski definition) is 4. The molecule has 2 aromatic carbocycles. The maximum absolute atomic E-state index is 12.1. The fraction of sp³-hybridized carbons (Fsp3) is 0.321. The smallest absolute Gasteiger partial charge is 0.307 e. The molecule has 0 bridgehead atoms. The monoisotopic (exact) mass is 567 g/mol. The second kappa shape index (κ2) is 10.6. The van der Waals surface area contributed by atoms with Crippen LogP contribution in [0.2, 0.25) is 5.02 Å². The second-order valence-electron chi connectivity index (χ2n) is 9.41. The number of hydrogen-bond donors (Lipinski definition) is 1. The summed E-state index contributed by atoms with van der Waals surface area (Å²) in [5.74, 6) is 0.0105. The highest BCUT2D eigenvalue weighted by molar-refractivity contribution is 9.10. The molecule has 0 amide bonds. The summed E-state index contributed by atoms with van der Waals surface area (Å²) in [4.78, 5) is 21.5. The molecule has 5 rings (SSSR count). The van der Waals surface area contributed by atoms with Crippen LogP contribution >= 0.6 is 27.5 Å². The highest BCUT2D eigenvalue weighted by Gasteiger charge is 2.35. The third-order valence-corrected chi connectivity index (χ3v) is 7.66. The van der Waals surface area contributed by atoms with Gasteiger partial charge in [-0.2, -0.15) is 0 Å². The number of rotatable bonds is 7.